The molecule has 0 spiro atoms. The molecule has 1 atom stereocenters. The first-order valence-corrected chi connectivity index (χ1v) is 8.30. The molecule has 1 aromatic carbocycles. The molecule has 152 valence electrons. The van der Waals surface area contributed by atoms with Crippen LogP contribution in [-0.4, -0.2) is 36.2 Å². The van der Waals surface area contributed by atoms with Gasteiger partial charge in [-0.1, -0.05) is 12.1 Å². The van der Waals surface area contributed by atoms with E-state index in [0.717, 1.165) is 12.1 Å². The van der Waals surface area contributed by atoms with E-state index in [4.69, 9.17) is 9.47 Å². The standard InChI is InChI=1S/C18H24F3NO5/c1-11(2)25-15(23)14(22-16(24)27-17(3,4)5)10-12-7-6-8-13(9-12)26-18(19,20)21/h6-9,11,14H,10H2,1-5H3,(H,22,24)/t14-/m1/s1. The average Bonchev–Trinajstić information content (AvgIpc) is 2.42. The first kappa shape index (κ1) is 22.6. The molecule has 0 aromatic heterocycles. The number of benzene rings is 1. The number of alkyl carbamates (subject to hydrolysis) is 1. The number of rotatable bonds is 6. The van der Waals surface area contributed by atoms with E-state index in [1.807, 2.05) is 0 Å². The second kappa shape index (κ2) is 8.96. The van der Waals surface area contributed by atoms with Gasteiger partial charge in [-0.2, -0.15) is 0 Å². The van der Waals surface area contributed by atoms with Crippen LogP contribution in [0.4, 0.5) is 18.0 Å². The molecule has 0 radical (unpaired) electrons. The summed E-state index contributed by atoms with van der Waals surface area (Å²) in [5.74, 6) is -1.15. The van der Waals surface area contributed by atoms with Crippen molar-refractivity contribution in [1.82, 2.24) is 5.32 Å². The highest BCUT2D eigenvalue weighted by Gasteiger charge is 2.31. The number of esters is 1. The zero-order valence-corrected chi connectivity index (χ0v) is 15.8. The Bertz CT molecular complexity index is 653. The molecule has 1 aromatic rings. The maximum atomic E-state index is 12.4. The number of hydrogen-bond acceptors (Lipinski definition) is 5. The predicted molar refractivity (Wildman–Crippen MR) is 91.2 cm³/mol. The number of carbonyl (C=O) groups is 2. The van der Waals surface area contributed by atoms with Crippen molar-refractivity contribution < 1.29 is 37.0 Å². The monoisotopic (exact) mass is 391 g/mol. The minimum Gasteiger partial charge on any atom is -0.461 e. The van der Waals surface area contributed by atoms with Gasteiger partial charge in [-0.25, -0.2) is 9.59 Å². The summed E-state index contributed by atoms with van der Waals surface area (Å²) in [6.45, 7) is 8.25. The van der Waals surface area contributed by atoms with Gasteiger partial charge in [0, 0.05) is 6.42 Å². The highest BCUT2D eigenvalue weighted by atomic mass is 19.4. The summed E-state index contributed by atoms with van der Waals surface area (Å²) in [7, 11) is 0. The second-order valence-corrected chi connectivity index (χ2v) is 7.08. The second-order valence-electron chi connectivity index (χ2n) is 7.08. The van der Waals surface area contributed by atoms with E-state index in [2.05, 4.69) is 10.1 Å². The van der Waals surface area contributed by atoms with E-state index in [9.17, 15) is 22.8 Å². The average molecular weight is 391 g/mol. The minimum atomic E-state index is -4.83. The first-order chi connectivity index (χ1) is 12.2. The Labute approximate surface area is 156 Å². The summed E-state index contributed by atoms with van der Waals surface area (Å²) in [5.41, 5.74) is -0.435. The molecule has 1 rings (SSSR count). The van der Waals surface area contributed by atoms with Crippen LogP contribution in [0.2, 0.25) is 0 Å². The van der Waals surface area contributed by atoms with Crippen molar-refractivity contribution in [3.63, 3.8) is 0 Å². The molecule has 9 heteroatoms. The van der Waals surface area contributed by atoms with Gasteiger partial charge in [0.1, 0.15) is 17.4 Å². The van der Waals surface area contributed by atoms with Gasteiger partial charge in [-0.15, -0.1) is 13.2 Å². The highest BCUT2D eigenvalue weighted by molar-refractivity contribution is 5.82. The van der Waals surface area contributed by atoms with E-state index in [-0.39, 0.29) is 6.42 Å². The number of ether oxygens (including phenoxy) is 3. The third-order valence-electron chi connectivity index (χ3n) is 2.90. The van der Waals surface area contributed by atoms with Crippen LogP contribution in [0.5, 0.6) is 5.75 Å². The lowest BCUT2D eigenvalue weighted by Crippen LogP contribution is -2.46. The fourth-order valence-corrected chi connectivity index (χ4v) is 2.06. The molecule has 0 aliphatic rings. The lowest BCUT2D eigenvalue weighted by atomic mass is 10.1. The van der Waals surface area contributed by atoms with Crippen LogP contribution >= 0.6 is 0 Å². The van der Waals surface area contributed by atoms with Gasteiger partial charge in [0.05, 0.1) is 6.10 Å². The van der Waals surface area contributed by atoms with Crippen LogP contribution in [0.15, 0.2) is 24.3 Å². The van der Waals surface area contributed by atoms with Crippen molar-refractivity contribution in [2.75, 3.05) is 0 Å². The van der Waals surface area contributed by atoms with Crippen molar-refractivity contribution in [3.8, 4) is 5.75 Å². The number of hydrogen-bond donors (Lipinski definition) is 1. The third kappa shape index (κ3) is 9.72. The third-order valence-corrected chi connectivity index (χ3v) is 2.90. The zero-order chi connectivity index (χ0) is 20.8. The molecule has 6 nitrogen and oxygen atoms in total. The van der Waals surface area contributed by atoms with Crippen molar-refractivity contribution in [2.45, 2.75) is 65.1 Å². The van der Waals surface area contributed by atoms with Crippen LogP contribution in [0, 0.1) is 0 Å². The first-order valence-electron chi connectivity index (χ1n) is 8.30. The smallest absolute Gasteiger partial charge is 0.461 e. The molecule has 0 unspecified atom stereocenters. The van der Waals surface area contributed by atoms with Crippen LogP contribution in [0.1, 0.15) is 40.2 Å². The van der Waals surface area contributed by atoms with E-state index in [1.54, 1.807) is 34.6 Å². The summed E-state index contributed by atoms with van der Waals surface area (Å²) in [5, 5.41) is 2.40. The quantitative estimate of drug-likeness (QED) is 0.743. The molecule has 0 heterocycles. The number of carbonyl (C=O) groups excluding carboxylic acids is 2. The Balaban J connectivity index is 2.95. The molecular weight excluding hydrogens is 367 g/mol. The molecule has 1 N–H and O–H groups in total. The van der Waals surface area contributed by atoms with Gasteiger partial charge in [0.2, 0.25) is 0 Å². The van der Waals surface area contributed by atoms with Crippen molar-refractivity contribution in [2.24, 2.45) is 0 Å². The summed E-state index contributed by atoms with van der Waals surface area (Å²) in [4.78, 5) is 24.3. The Hall–Kier alpha value is -2.45. The molecule has 0 saturated carbocycles. The van der Waals surface area contributed by atoms with Gasteiger partial charge in [-0.3, -0.25) is 0 Å². The van der Waals surface area contributed by atoms with Gasteiger partial charge in [0.25, 0.3) is 0 Å². The fourth-order valence-electron chi connectivity index (χ4n) is 2.06. The maximum absolute atomic E-state index is 12.4. The SMILES string of the molecule is CC(C)OC(=O)[C@@H](Cc1cccc(OC(F)(F)F)c1)NC(=O)OC(C)(C)C. The topological polar surface area (TPSA) is 73.9 Å². The van der Waals surface area contributed by atoms with Crippen molar-refractivity contribution in [1.29, 1.82) is 0 Å². The molecule has 0 saturated heterocycles. The highest BCUT2D eigenvalue weighted by Crippen LogP contribution is 2.24. The molecule has 0 fully saturated rings. The van der Waals surface area contributed by atoms with E-state index in [0.29, 0.717) is 5.56 Å². The number of nitrogens with one attached hydrogen (secondary N) is 1. The fraction of sp³-hybridized carbons (Fsp3) is 0.556. The zero-order valence-electron chi connectivity index (χ0n) is 15.8. The van der Waals surface area contributed by atoms with E-state index in [1.165, 1.54) is 12.1 Å². The van der Waals surface area contributed by atoms with Gasteiger partial charge < -0.3 is 19.5 Å². The lowest BCUT2D eigenvalue weighted by molar-refractivity contribution is -0.274. The van der Waals surface area contributed by atoms with Gasteiger partial charge in [0.15, 0.2) is 0 Å². The summed E-state index contributed by atoms with van der Waals surface area (Å²) < 4.78 is 51.2. The van der Waals surface area contributed by atoms with Gasteiger partial charge in [-0.05, 0) is 52.3 Å². The lowest BCUT2D eigenvalue weighted by Gasteiger charge is -2.23. The van der Waals surface area contributed by atoms with Gasteiger partial charge >= 0.3 is 18.4 Å². The number of halogens is 3. The molecule has 0 bridgehead atoms. The van der Waals surface area contributed by atoms with Crippen LogP contribution < -0.4 is 10.1 Å². The predicted octanol–water partition coefficient (Wildman–Crippen LogP) is 3.97. The minimum absolute atomic E-state index is 0.0974. The van der Waals surface area contributed by atoms with E-state index >= 15 is 0 Å². The van der Waals surface area contributed by atoms with Crippen molar-refractivity contribution >= 4 is 12.1 Å². The van der Waals surface area contributed by atoms with Crippen LogP contribution in [0.3, 0.4) is 0 Å². The summed E-state index contributed by atoms with van der Waals surface area (Å²) >= 11 is 0. The molecular formula is C18H24F3NO5. The molecule has 0 aliphatic carbocycles. The molecule has 0 aliphatic heterocycles. The van der Waals surface area contributed by atoms with Crippen molar-refractivity contribution in [3.05, 3.63) is 29.8 Å². The largest absolute Gasteiger partial charge is 0.573 e. The number of amides is 1. The normalized spacial score (nSPS) is 13.1. The maximum Gasteiger partial charge on any atom is 0.573 e. The number of alkyl halides is 3. The van der Waals surface area contributed by atoms with E-state index < -0.39 is 41.9 Å². The van der Waals surface area contributed by atoms with Crippen LogP contribution in [0.25, 0.3) is 0 Å². The Morgan fingerprint density at radius 1 is 1.15 bits per heavy atom. The Morgan fingerprint density at radius 3 is 2.30 bits per heavy atom. The van der Waals surface area contributed by atoms with Crippen LogP contribution in [-0.2, 0) is 20.7 Å². The Morgan fingerprint density at radius 2 is 1.78 bits per heavy atom. The summed E-state index contributed by atoms with van der Waals surface area (Å²) in [6, 6.07) is 4.01. The molecule has 27 heavy (non-hydrogen) atoms. The Kier molecular flexibility index (Phi) is 7.50. The molecule has 1 amide bonds. The summed E-state index contributed by atoms with van der Waals surface area (Å²) in [6.07, 6.45) is -6.19.